The highest BCUT2D eigenvalue weighted by molar-refractivity contribution is 6.05. The van der Waals surface area contributed by atoms with E-state index in [1.54, 1.807) is 28.8 Å². The van der Waals surface area contributed by atoms with E-state index in [9.17, 15) is 14.7 Å². The summed E-state index contributed by atoms with van der Waals surface area (Å²) in [4.78, 5) is 30.1. The van der Waals surface area contributed by atoms with Crippen molar-refractivity contribution in [1.82, 2.24) is 14.7 Å². The fourth-order valence-electron chi connectivity index (χ4n) is 4.16. The van der Waals surface area contributed by atoms with Crippen LogP contribution in [-0.2, 0) is 6.42 Å². The zero-order chi connectivity index (χ0) is 22.2. The first-order valence-corrected chi connectivity index (χ1v) is 10.4. The van der Waals surface area contributed by atoms with Gasteiger partial charge in [-0.25, -0.2) is 4.98 Å². The molecule has 2 aromatic carbocycles. The molecule has 0 radical (unpaired) electrons. The Bertz CT molecular complexity index is 1340. The van der Waals surface area contributed by atoms with Crippen LogP contribution in [0.4, 0.5) is 5.69 Å². The number of aryl methyl sites for hydroxylation is 1. The van der Waals surface area contributed by atoms with E-state index < -0.39 is 12.1 Å². The fraction of sp³-hybridized carbons (Fsp3) is 0.160. The molecular weight excluding hydrogens is 404 g/mol. The van der Waals surface area contributed by atoms with Crippen LogP contribution in [-0.4, -0.2) is 32.4 Å². The number of aliphatic hydroxyl groups excluding tert-OH is 1. The van der Waals surface area contributed by atoms with Crippen molar-refractivity contribution in [3.05, 3.63) is 101 Å². The summed E-state index contributed by atoms with van der Waals surface area (Å²) in [6.07, 6.45) is 3.14. The van der Waals surface area contributed by atoms with E-state index in [2.05, 4.69) is 15.6 Å². The Hall–Kier alpha value is -3.97. The summed E-state index contributed by atoms with van der Waals surface area (Å²) < 4.78 is 1.71. The monoisotopic (exact) mass is 426 g/mol. The molecule has 0 bridgehead atoms. The van der Waals surface area contributed by atoms with Crippen LogP contribution in [0.15, 0.2) is 73.1 Å². The van der Waals surface area contributed by atoms with E-state index in [0.29, 0.717) is 29.0 Å². The third-order valence-electron chi connectivity index (χ3n) is 5.89. The number of aromatic nitrogens is 2. The number of anilines is 1. The van der Waals surface area contributed by atoms with Crippen LogP contribution in [0, 0.1) is 6.92 Å². The van der Waals surface area contributed by atoms with Crippen molar-refractivity contribution in [3.8, 4) is 0 Å². The van der Waals surface area contributed by atoms with E-state index >= 15 is 0 Å². The molecule has 5 rings (SSSR count). The molecule has 0 saturated carbocycles. The van der Waals surface area contributed by atoms with Gasteiger partial charge >= 0.3 is 0 Å². The third-order valence-corrected chi connectivity index (χ3v) is 5.89. The van der Waals surface area contributed by atoms with E-state index in [4.69, 9.17) is 0 Å². The van der Waals surface area contributed by atoms with Gasteiger partial charge in [0.2, 0.25) is 0 Å². The van der Waals surface area contributed by atoms with Gasteiger partial charge < -0.3 is 15.7 Å². The first-order chi connectivity index (χ1) is 15.5. The van der Waals surface area contributed by atoms with Crippen molar-refractivity contribution in [2.45, 2.75) is 25.5 Å². The van der Waals surface area contributed by atoms with Gasteiger partial charge in [-0.05, 0) is 47.9 Å². The van der Waals surface area contributed by atoms with Crippen LogP contribution >= 0.6 is 0 Å². The van der Waals surface area contributed by atoms with Crippen LogP contribution < -0.4 is 10.6 Å². The van der Waals surface area contributed by atoms with E-state index in [1.165, 1.54) is 6.20 Å². The van der Waals surface area contributed by atoms with Crippen LogP contribution in [0.5, 0.6) is 0 Å². The molecule has 4 aromatic rings. The van der Waals surface area contributed by atoms with Gasteiger partial charge in [0.15, 0.2) is 0 Å². The summed E-state index contributed by atoms with van der Waals surface area (Å²) in [6, 6.07) is 17.9. The lowest BCUT2D eigenvalue weighted by atomic mass is 10.1. The number of aliphatic hydroxyl groups is 1. The molecule has 2 heterocycles. The van der Waals surface area contributed by atoms with Crippen molar-refractivity contribution < 1.29 is 14.7 Å². The van der Waals surface area contributed by atoms with Crippen molar-refractivity contribution >= 4 is 23.1 Å². The molecule has 0 fully saturated rings. The number of nitrogens with one attached hydrogen (secondary N) is 2. The minimum absolute atomic E-state index is 0.309. The van der Waals surface area contributed by atoms with Crippen molar-refractivity contribution in [3.63, 3.8) is 0 Å². The second kappa shape index (κ2) is 7.94. The molecule has 2 atom stereocenters. The number of amides is 2. The summed E-state index contributed by atoms with van der Waals surface area (Å²) in [6.45, 7) is 1.86. The summed E-state index contributed by atoms with van der Waals surface area (Å²) in [5.74, 6) is -0.624. The average Bonchev–Trinajstić information content (AvgIpc) is 3.36. The lowest BCUT2D eigenvalue weighted by molar-refractivity contribution is 0.0858. The fourth-order valence-corrected chi connectivity index (χ4v) is 4.16. The van der Waals surface area contributed by atoms with Gasteiger partial charge in [-0.15, -0.1) is 0 Å². The predicted octanol–water partition coefficient (Wildman–Crippen LogP) is 3.28. The number of benzene rings is 2. The predicted molar refractivity (Wildman–Crippen MR) is 121 cm³/mol. The highest BCUT2D eigenvalue weighted by atomic mass is 16.3. The smallest absolute Gasteiger partial charge is 0.274 e. The number of carbonyl (C=O) groups excluding carboxylic acids is 2. The number of imidazole rings is 1. The zero-order valence-electron chi connectivity index (χ0n) is 17.4. The van der Waals surface area contributed by atoms with Gasteiger partial charge in [-0.1, -0.05) is 36.4 Å². The molecule has 7 heteroatoms. The highest BCUT2D eigenvalue weighted by Gasteiger charge is 2.32. The maximum Gasteiger partial charge on any atom is 0.274 e. The molecule has 160 valence electrons. The molecule has 1 aliphatic carbocycles. The molecule has 32 heavy (non-hydrogen) atoms. The Morgan fingerprint density at radius 1 is 1.06 bits per heavy atom. The van der Waals surface area contributed by atoms with Gasteiger partial charge in [0, 0.05) is 23.9 Å². The molecule has 0 spiro atoms. The normalized spacial score (nSPS) is 17.2. The lowest BCUT2D eigenvalue weighted by Gasteiger charge is -2.18. The number of carbonyl (C=O) groups is 2. The molecule has 3 N–H and O–H groups in total. The van der Waals surface area contributed by atoms with E-state index in [1.807, 2.05) is 49.4 Å². The minimum atomic E-state index is -0.670. The summed E-state index contributed by atoms with van der Waals surface area (Å²) in [5.41, 5.74) is 4.83. The first kappa shape index (κ1) is 20.0. The summed E-state index contributed by atoms with van der Waals surface area (Å²) in [5, 5.41) is 16.3. The molecule has 0 unspecified atom stereocenters. The number of nitrogens with zero attached hydrogens (tertiary/aromatic N) is 2. The van der Waals surface area contributed by atoms with Gasteiger partial charge in [-0.3, -0.25) is 14.0 Å². The van der Waals surface area contributed by atoms with Crippen molar-refractivity contribution in [1.29, 1.82) is 0 Å². The van der Waals surface area contributed by atoms with Gasteiger partial charge in [0.05, 0.1) is 18.3 Å². The largest absolute Gasteiger partial charge is 0.390 e. The number of hydrogen-bond donors (Lipinski definition) is 3. The number of hydrogen-bond acceptors (Lipinski definition) is 4. The molecule has 0 aliphatic heterocycles. The molecule has 1 aliphatic rings. The molecule has 0 saturated heterocycles. The molecular formula is C25H22N4O3. The standard InChI is InChI=1S/C25H22N4O3/c1-15-9-10-17(24(31)28-23-18-7-3-2-6-16(18)13-21(23)30)12-19(15)27-25(32)20-14-26-22-8-4-5-11-29(20)22/h2-12,14,21,23,30H,13H2,1H3,(H,27,32)(H,28,31)/t21-,23-/m0/s1. The Kier molecular flexibility index (Phi) is 4.95. The highest BCUT2D eigenvalue weighted by Crippen LogP contribution is 2.31. The number of pyridine rings is 1. The zero-order valence-corrected chi connectivity index (χ0v) is 17.4. The van der Waals surface area contributed by atoms with Crippen molar-refractivity contribution in [2.24, 2.45) is 0 Å². The quantitative estimate of drug-likeness (QED) is 0.467. The second-order valence-corrected chi connectivity index (χ2v) is 7.98. The van der Waals surface area contributed by atoms with Gasteiger partial charge in [0.1, 0.15) is 11.3 Å². The Morgan fingerprint density at radius 3 is 2.75 bits per heavy atom. The average molecular weight is 426 g/mol. The van der Waals surface area contributed by atoms with E-state index in [-0.39, 0.29) is 11.8 Å². The minimum Gasteiger partial charge on any atom is -0.390 e. The van der Waals surface area contributed by atoms with Gasteiger partial charge in [-0.2, -0.15) is 0 Å². The summed E-state index contributed by atoms with van der Waals surface area (Å²) in [7, 11) is 0. The maximum atomic E-state index is 13.0. The lowest BCUT2D eigenvalue weighted by Crippen LogP contribution is -2.33. The molecule has 7 nitrogen and oxygen atoms in total. The number of rotatable bonds is 4. The molecule has 2 amide bonds. The van der Waals surface area contributed by atoms with Crippen LogP contribution in [0.3, 0.4) is 0 Å². The Balaban J connectivity index is 1.37. The third kappa shape index (κ3) is 3.52. The summed E-state index contributed by atoms with van der Waals surface area (Å²) >= 11 is 0. The maximum absolute atomic E-state index is 13.0. The van der Waals surface area contributed by atoms with Crippen LogP contribution in [0.25, 0.3) is 5.65 Å². The van der Waals surface area contributed by atoms with Crippen molar-refractivity contribution in [2.75, 3.05) is 5.32 Å². The molecule has 2 aromatic heterocycles. The van der Waals surface area contributed by atoms with Crippen LogP contribution in [0.1, 0.15) is 43.6 Å². The van der Waals surface area contributed by atoms with Gasteiger partial charge in [0.25, 0.3) is 11.8 Å². The Morgan fingerprint density at radius 2 is 1.88 bits per heavy atom. The Labute approximate surface area is 184 Å². The van der Waals surface area contributed by atoms with Crippen LogP contribution in [0.2, 0.25) is 0 Å². The first-order valence-electron chi connectivity index (χ1n) is 10.4. The topological polar surface area (TPSA) is 95.7 Å². The SMILES string of the molecule is Cc1ccc(C(=O)N[C@H]2c3ccccc3C[C@@H]2O)cc1NC(=O)c1cnc2ccccn12. The van der Waals surface area contributed by atoms with E-state index in [0.717, 1.165) is 16.7 Å². The number of fused-ring (bicyclic) bond motifs is 2. The second-order valence-electron chi connectivity index (χ2n) is 7.98.